The Labute approximate surface area is 121 Å². The zero-order chi connectivity index (χ0) is 14.8. The number of likely N-dealkylation sites (N-methyl/N-ethyl adjacent to an activating group) is 1. The van der Waals surface area contributed by atoms with Gasteiger partial charge in [-0.25, -0.2) is 0 Å². The van der Waals surface area contributed by atoms with Crippen LogP contribution < -0.4 is 15.2 Å². The summed E-state index contributed by atoms with van der Waals surface area (Å²) in [6, 6.07) is 3.57. The minimum absolute atomic E-state index is 0.0574. The molecule has 0 amide bonds. The molecule has 0 aliphatic heterocycles. The van der Waals surface area contributed by atoms with Gasteiger partial charge in [-0.3, -0.25) is 0 Å². The summed E-state index contributed by atoms with van der Waals surface area (Å²) in [4.78, 5) is 6.47. The zero-order valence-corrected chi connectivity index (χ0v) is 12.8. The topological polar surface area (TPSA) is 60.6 Å². The lowest BCUT2D eigenvalue weighted by atomic mass is 10.1. The third-order valence-corrected chi connectivity index (χ3v) is 3.80. The summed E-state index contributed by atoms with van der Waals surface area (Å²) in [6.45, 7) is 5.49. The quantitative estimate of drug-likeness (QED) is 0.829. The minimum atomic E-state index is -0.0574. The number of hydrogen-bond acceptors (Lipinski definition) is 5. The van der Waals surface area contributed by atoms with Gasteiger partial charge in [-0.2, -0.15) is 4.98 Å². The van der Waals surface area contributed by atoms with Crippen LogP contribution in [0.25, 0.3) is 0 Å². The highest BCUT2D eigenvalue weighted by Crippen LogP contribution is 2.31. The van der Waals surface area contributed by atoms with Crippen molar-refractivity contribution < 1.29 is 9.47 Å². The molecule has 5 nitrogen and oxygen atoms in total. The minimum Gasteiger partial charge on any atom is -0.476 e. The molecule has 0 aromatic carbocycles. The van der Waals surface area contributed by atoms with Crippen LogP contribution >= 0.6 is 0 Å². The van der Waals surface area contributed by atoms with Gasteiger partial charge in [-0.1, -0.05) is 0 Å². The Kier molecular flexibility index (Phi) is 4.38. The second-order valence-electron chi connectivity index (χ2n) is 6.29. The lowest BCUT2D eigenvalue weighted by Crippen LogP contribution is -2.43. The van der Waals surface area contributed by atoms with Crippen molar-refractivity contribution in [2.24, 2.45) is 5.92 Å². The summed E-state index contributed by atoms with van der Waals surface area (Å²) in [5.74, 6) is 1.71. The van der Waals surface area contributed by atoms with Crippen LogP contribution in [-0.2, 0) is 0 Å². The molecule has 1 fully saturated rings. The van der Waals surface area contributed by atoms with Crippen molar-refractivity contribution in [1.29, 1.82) is 0 Å². The number of ether oxygens (including phenoxy) is 2. The molecule has 0 radical (unpaired) electrons. The Morgan fingerprint density at radius 2 is 2.00 bits per heavy atom. The van der Waals surface area contributed by atoms with Crippen molar-refractivity contribution in [3.05, 3.63) is 12.1 Å². The molecule has 5 heteroatoms. The predicted octanol–water partition coefficient (Wildman–Crippen LogP) is 2.17. The Morgan fingerprint density at radius 1 is 1.30 bits per heavy atom. The Morgan fingerprint density at radius 3 is 2.60 bits per heavy atom. The fraction of sp³-hybridized carbons (Fsp3) is 0.667. The smallest absolute Gasteiger partial charge is 0.240 e. The van der Waals surface area contributed by atoms with Gasteiger partial charge in [0.2, 0.25) is 11.8 Å². The van der Waals surface area contributed by atoms with Gasteiger partial charge in [0.1, 0.15) is 6.61 Å². The molecule has 0 unspecified atom stereocenters. The van der Waals surface area contributed by atoms with Gasteiger partial charge in [0, 0.05) is 11.6 Å². The van der Waals surface area contributed by atoms with Crippen LogP contribution in [0.1, 0.15) is 26.7 Å². The molecule has 1 aliphatic carbocycles. The maximum absolute atomic E-state index is 5.87. The van der Waals surface area contributed by atoms with E-state index in [1.807, 2.05) is 14.1 Å². The van der Waals surface area contributed by atoms with Crippen molar-refractivity contribution in [3.8, 4) is 11.8 Å². The number of nitrogens with zero attached hydrogens (tertiary/aromatic N) is 2. The standard InChI is InChI=1S/C15H25N3O2/c1-15(2,18(3)4)10-20-13-8-7-12(16)14(17-13)19-9-11-5-6-11/h7-8,11H,5-6,9-10,16H2,1-4H3. The van der Waals surface area contributed by atoms with E-state index in [2.05, 4.69) is 23.7 Å². The maximum Gasteiger partial charge on any atom is 0.240 e. The maximum atomic E-state index is 5.87. The number of pyridine rings is 1. The Hall–Kier alpha value is -1.49. The summed E-state index contributed by atoms with van der Waals surface area (Å²) in [5.41, 5.74) is 6.38. The number of aromatic nitrogens is 1. The Balaban J connectivity index is 1.95. The van der Waals surface area contributed by atoms with Crippen LogP contribution in [0.3, 0.4) is 0 Å². The van der Waals surface area contributed by atoms with Crippen LogP contribution in [0.4, 0.5) is 5.69 Å². The van der Waals surface area contributed by atoms with Crippen molar-refractivity contribution in [3.63, 3.8) is 0 Å². The van der Waals surface area contributed by atoms with E-state index < -0.39 is 0 Å². The summed E-state index contributed by atoms with van der Waals surface area (Å²) < 4.78 is 11.4. The van der Waals surface area contributed by atoms with E-state index in [9.17, 15) is 0 Å². The molecular weight excluding hydrogens is 254 g/mol. The van der Waals surface area contributed by atoms with Crippen LogP contribution in [0.2, 0.25) is 0 Å². The first kappa shape index (κ1) is 14.9. The molecule has 0 bridgehead atoms. The van der Waals surface area contributed by atoms with Crippen molar-refractivity contribution in [2.45, 2.75) is 32.2 Å². The molecule has 0 saturated heterocycles. The van der Waals surface area contributed by atoms with Gasteiger partial charge in [0.15, 0.2) is 0 Å². The highest BCUT2D eigenvalue weighted by Gasteiger charge is 2.23. The second-order valence-corrected chi connectivity index (χ2v) is 6.29. The fourth-order valence-corrected chi connectivity index (χ4v) is 1.49. The summed E-state index contributed by atoms with van der Waals surface area (Å²) in [6.07, 6.45) is 2.49. The molecule has 2 rings (SSSR count). The van der Waals surface area contributed by atoms with Crippen LogP contribution in [-0.4, -0.2) is 42.7 Å². The lowest BCUT2D eigenvalue weighted by molar-refractivity contribution is 0.110. The lowest BCUT2D eigenvalue weighted by Gasteiger charge is -2.31. The molecular formula is C15H25N3O2. The van der Waals surface area contributed by atoms with Gasteiger partial charge < -0.3 is 20.1 Å². The summed E-state index contributed by atoms with van der Waals surface area (Å²) in [5, 5.41) is 0. The first-order valence-corrected chi connectivity index (χ1v) is 7.08. The zero-order valence-electron chi connectivity index (χ0n) is 12.8. The van der Waals surface area contributed by atoms with E-state index in [0.717, 1.165) is 0 Å². The van der Waals surface area contributed by atoms with E-state index in [0.29, 0.717) is 36.6 Å². The normalized spacial score (nSPS) is 15.4. The van der Waals surface area contributed by atoms with Crippen LogP contribution in [0.15, 0.2) is 12.1 Å². The van der Waals surface area contributed by atoms with E-state index in [1.165, 1.54) is 12.8 Å². The number of nitrogen functional groups attached to an aromatic ring is 1. The molecule has 1 aromatic heterocycles. The van der Waals surface area contributed by atoms with E-state index in [1.54, 1.807) is 12.1 Å². The van der Waals surface area contributed by atoms with Gasteiger partial charge in [0.25, 0.3) is 0 Å². The molecule has 112 valence electrons. The second kappa shape index (κ2) is 5.87. The van der Waals surface area contributed by atoms with Gasteiger partial charge in [-0.15, -0.1) is 0 Å². The average Bonchev–Trinajstić information content (AvgIpc) is 3.20. The third kappa shape index (κ3) is 4.00. The predicted molar refractivity (Wildman–Crippen MR) is 80.1 cm³/mol. The highest BCUT2D eigenvalue weighted by molar-refractivity contribution is 5.49. The average molecular weight is 279 g/mol. The van der Waals surface area contributed by atoms with E-state index >= 15 is 0 Å². The first-order valence-electron chi connectivity index (χ1n) is 7.08. The summed E-state index contributed by atoms with van der Waals surface area (Å²) in [7, 11) is 4.06. The van der Waals surface area contributed by atoms with Gasteiger partial charge in [-0.05, 0) is 52.8 Å². The number of hydrogen-bond donors (Lipinski definition) is 1. The van der Waals surface area contributed by atoms with Crippen molar-refractivity contribution in [1.82, 2.24) is 9.88 Å². The fourth-order valence-electron chi connectivity index (χ4n) is 1.49. The highest BCUT2D eigenvalue weighted by atomic mass is 16.5. The molecule has 1 aromatic rings. The van der Waals surface area contributed by atoms with Crippen LogP contribution in [0, 0.1) is 5.92 Å². The first-order chi connectivity index (χ1) is 9.38. The summed E-state index contributed by atoms with van der Waals surface area (Å²) >= 11 is 0. The monoisotopic (exact) mass is 279 g/mol. The molecule has 1 saturated carbocycles. The van der Waals surface area contributed by atoms with E-state index in [4.69, 9.17) is 15.2 Å². The van der Waals surface area contributed by atoms with Gasteiger partial charge in [0.05, 0.1) is 12.3 Å². The van der Waals surface area contributed by atoms with Gasteiger partial charge >= 0.3 is 0 Å². The van der Waals surface area contributed by atoms with E-state index in [-0.39, 0.29) is 5.54 Å². The molecule has 0 spiro atoms. The SMILES string of the molecule is CN(C)C(C)(C)COc1ccc(N)c(OCC2CC2)n1. The van der Waals surface area contributed by atoms with Crippen LogP contribution in [0.5, 0.6) is 11.8 Å². The largest absolute Gasteiger partial charge is 0.476 e. The number of rotatable bonds is 7. The molecule has 1 heterocycles. The third-order valence-electron chi connectivity index (χ3n) is 3.80. The van der Waals surface area contributed by atoms with Crippen molar-refractivity contribution in [2.75, 3.05) is 33.0 Å². The molecule has 1 aliphatic rings. The molecule has 2 N–H and O–H groups in total. The Bertz CT molecular complexity index is 456. The number of nitrogens with two attached hydrogens (primary N) is 1. The van der Waals surface area contributed by atoms with Crippen molar-refractivity contribution >= 4 is 5.69 Å². The molecule has 0 atom stereocenters. The number of anilines is 1. The molecule has 20 heavy (non-hydrogen) atoms.